The number of methoxy groups -OCH3 is 1. The van der Waals surface area contributed by atoms with Crippen molar-refractivity contribution in [3.05, 3.63) is 60.6 Å². The van der Waals surface area contributed by atoms with Crippen LogP contribution in [0.15, 0.2) is 43.6 Å². The fourth-order valence-electron chi connectivity index (χ4n) is 7.85. The van der Waals surface area contributed by atoms with Gasteiger partial charge in [0.05, 0.1) is 18.8 Å². The number of hydrogen-bond acceptors (Lipinski definition) is 8. The molecule has 1 N–H and O–H groups in total. The molecular formula is C37H41F2N7O4. The van der Waals surface area contributed by atoms with Crippen LogP contribution < -0.4 is 9.64 Å². The third-order valence-corrected chi connectivity index (χ3v) is 10.6. The number of ether oxygens (including phenoxy) is 2. The van der Waals surface area contributed by atoms with E-state index in [1.54, 1.807) is 17.2 Å². The van der Waals surface area contributed by atoms with Gasteiger partial charge in [-0.2, -0.15) is 5.10 Å². The lowest BCUT2D eigenvalue weighted by Gasteiger charge is -2.54. The van der Waals surface area contributed by atoms with Crippen LogP contribution in [0.1, 0.15) is 48.6 Å². The lowest BCUT2D eigenvalue weighted by molar-refractivity contribution is -0.139. The van der Waals surface area contributed by atoms with E-state index >= 15 is 0 Å². The number of aryl methyl sites for hydroxylation is 1. The van der Waals surface area contributed by atoms with Crippen LogP contribution in [0.3, 0.4) is 0 Å². The molecular weight excluding hydrogens is 644 g/mol. The minimum absolute atomic E-state index is 0.0480. The summed E-state index contributed by atoms with van der Waals surface area (Å²) in [6, 6.07) is 5.89. The van der Waals surface area contributed by atoms with Gasteiger partial charge in [0.1, 0.15) is 23.8 Å². The normalized spacial score (nSPS) is 17.7. The molecule has 0 aliphatic carbocycles. The van der Waals surface area contributed by atoms with E-state index in [0.29, 0.717) is 85.8 Å². The first-order valence-corrected chi connectivity index (χ1v) is 17.0. The maximum Gasteiger partial charge on any atom is 0.409 e. The number of H-pyrrole nitrogens is 1. The molecule has 0 saturated carbocycles. The highest BCUT2D eigenvalue weighted by Crippen LogP contribution is 2.48. The van der Waals surface area contributed by atoms with Crippen LogP contribution in [0.25, 0.3) is 39.0 Å². The summed E-state index contributed by atoms with van der Waals surface area (Å²) in [4.78, 5) is 40.5. The van der Waals surface area contributed by atoms with E-state index in [9.17, 15) is 18.4 Å². The van der Waals surface area contributed by atoms with Crippen molar-refractivity contribution in [2.24, 2.45) is 5.41 Å². The highest BCUT2D eigenvalue weighted by Gasteiger charge is 2.46. The second-order valence-corrected chi connectivity index (χ2v) is 13.6. The maximum absolute atomic E-state index is 13.9. The minimum atomic E-state index is -2.71. The molecule has 7 rings (SSSR count). The third kappa shape index (κ3) is 5.92. The van der Waals surface area contributed by atoms with Gasteiger partial charge in [-0.1, -0.05) is 25.3 Å². The number of rotatable bonds is 8. The topological polar surface area (TPSA) is 117 Å². The largest absolute Gasteiger partial charge is 0.485 e. The lowest BCUT2D eigenvalue weighted by atomic mass is 9.72. The van der Waals surface area contributed by atoms with Crippen LogP contribution in [-0.4, -0.2) is 101 Å². The molecule has 4 aromatic rings. The second kappa shape index (κ2) is 13.3. The molecule has 262 valence electrons. The monoisotopic (exact) mass is 685 g/mol. The van der Waals surface area contributed by atoms with Gasteiger partial charge in [0.15, 0.2) is 5.75 Å². The molecule has 0 atom stereocenters. The smallest absolute Gasteiger partial charge is 0.409 e. The maximum atomic E-state index is 13.9. The number of benzene rings is 2. The fraction of sp³-hybridized carbons (Fsp3) is 0.432. The first kappa shape index (κ1) is 33.4. The van der Waals surface area contributed by atoms with Gasteiger partial charge in [-0.25, -0.2) is 23.5 Å². The zero-order chi connectivity index (χ0) is 35.2. The number of fused-ring (bicyclic) bond motifs is 2. The number of aromatic amines is 1. The summed E-state index contributed by atoms with van der Waals surface area (Å²) in [6.07, 6.45) is 4.70. The van der Waals surface area contributed by atoms with Gasteiger partial charge in [0, 0.05) is 66.9 Å². The molecule has 0 bridgehead atoms. The number of halogens is 2. The molecule has 5 heterocycles. The molecule has 3 fully saturated rings. The Morgan fingerprint density at radius 1 is 1.06 bits per heavy atom. The van der Waals surface area contributed by atoms with E-state index in [2.05, 4.69) is 28.3 Å². The van der Waals surface area contributed by atoms with E-state index in [0.717, 1.165) is 34.9 Å². The number of anilines is 1. The predicted molar refractivity (Wildman–Crippen MR) is 188 cm³/mol. The van der Waals surface area contributed by atoms with Gasteiger partial charge in [-0.3, -0.25) is 9.89 Å². The summed E-state index contributed by atoms with van der Waals surface area (Å²) in [7, 11) is 1.37. The highest BCUT2D eigenvalue weighted by atomic mass is 19.3. The zero-order valence-corrected chi connectivity index (χ0v) is 28.4. The van der Waals surface area contributed by atoms with E-state index in [1.807, 2.05) is 30.0 Å². The summed E-state index contributed by atoms with van der Waals surface area (Å²) >= 11 is 0. The Hall–Kier alpha value is -5.07. The number of alkyl halides is 2. The van der Waals surface area contributed by atoms with E-state index in [4.69, 9.17) is 19.4 Å². The number of amides is 2. The van der Waals surface area contributed by atoms with Crippen molar-refractivity contribution in [3.8, 4) is 16.9 Å². The van der Waals surface area contributed by atoms with Gasteiger partial charge in [-0.05, 0) is 67.5 Å². The molecule has 3 saturated heterocycles. The van der Waals surface area contributed by atoms with Crippen molar-refractivity contribution in [2.75, 3.05) is 57.9 Å². The molecule has 50 heavy (non-hydrogen) atoms. The van der Waals surface area contributed by atoms with Crippen LogP contribution in [0.5, 0.6) is 5.75 Å². The lowest BCUT2D eigenvalue weighted by Crippen LogP contribution is -2.61. The summed E-state index contributed by atoms with van der Waals surface area (Å²) < 4.78 is 38.9. The summed E-state index contributed by atoms with van der Waals surface area (Å²) in [6.45, 7) is 12.7. The van der Waals surface area contributed by atoms with Crippen molar-refractivity contribution < 1.29 is 27.8 Å². The first-order valence-electron chi connectivity index (χ1n) is 17.0. The van der Waals surface area contributed by atoms with Crippen molar-refractivity contribution >= 4 is 45.7 Å². The van der Waals surface area contributed by atoms with Crippen molar-refractivity contribution in [2.45, 2.75) is 45.0 Å². The van der Waals surface area contributed by atoms with Crippen molar-refractivity contribution in [3.63, 3.8) is 0 Å². The van der Waals surface area contributed by atoms with E-state index in [1.165, 1.54) is 13.2 Å². The summed E-state index contributed by atoms with van der Waals surface area (Å²) in [5.74, 6) is 1.42. The fourth-order valence-corrected chi connectivity index (χ4v) is 7.85. The van der Waals surface area contributed by atoms with Crippen molar-refractivity contribution in [1.82, 2.24) is 30.0 Å². The Labute approximate surface area is 288 Å². The molecule has 0 unspecified atom stereocenters. The Morgan fingerprint density at radius 2 is 1.80 bits per heavy atom. The van der Waals surface area contributed by atoms with Gasteiger partial charge < -0.3 is 24.2 Å². The predicted octanol–water partition coefficient (Wildman–Crippen LogP) is 6.33. The van der Waals surface area contributed by atoms with Gasteiger partial charge in [0.25, 0.3) is 6.43 Å². The Morgan fingerprint density at radius 3 is 2.46 bits per heavy atom. The molecule has 3 aliphatic heterocycles. The van der Waals surface area contributed by atoms with Crippen LogP contribution >= 0.6 is 0 Å². The number of likely N-dealkylation sites (tertiary alicyclic amines) is 2. The molecule has 11 nitrogen and oxygen atoms in total. The van der Waals surface area contributed by atoms with E-state index in [-0.39, 0.29) is 29.1 Å². The second-order valence-electron chi connectivity index (χ2n) is 13.6. The summed E-state index contributed by atoms with van der Waals surface area (Å²) in [5.41, 5.74) is 4.34. The van der Waals surface area contributed by atoms with Crippen molar-refractivity contribution in [1.29, 1.82) is 0 Å². The van der Waals surface area contributed by atoms with Crippen LogP contribution in [0.4, 0.5) is 19.4 Å². The van der Waals surface area contributed by atoms with Gasteiger partial charge in [0.2, 0.25) is 5.91 Å². The molecule has 13 heteroatoms. The SMILES string of the molecule is C=CC(=O)N1CC2(CCN(c3nc(C4CCN(C(=O)OC)CC4)nc4c(OCC(F)F)c(-c5c(C)ccc6[nH]ncc56)c(C=C)cc34)CC2)C1. The summed E-state index contributed by atoms with van der Waals surface area (Å²) in [5, 5.41) is 8.79. The quantitative estimate of drug-likeness (QED) is 0.214. The third-order valence-electron chi connectivity index (χ3n) is 10.6. The molecule has 3 aliphatic rings. The first-order chi connectivity index (χ1) is 24.1. The Bertz CT molecular complexity index is 1970. The number of carbonyl (C=O) groups excluding carboxylic acids is 2. The molecule has 2 aromatic carbocycles. The standard InChI is InChI=1S/C37H41F2N7O4/c1-5-23-17-25-32(33(50-19-28(38)39)31(23)30-22(3)7-8-27-26(30)18-40-43-27)41-34(24-9-13-45(14-10-24)36(48)49-4)42-35(25)44-15-11-37(12-16-44)20-46(21-37)29(47)6-2/h5-8,17-18,24,28H,1-2,9-16,19-21H2,3-4H3,(H,40,43). The highest BCUT2D eigenvalue weighted by molar-refractivity contribution is 6.07. The Kier molecular flexibility index (Phi) is 8.91. The van der Waals surface area contributed by atoms with Crippen LogP contribution in [0.2, 0.25) is 0 Å². The van der Waals surface area contributed by atoms with Crippen LogP contribution in [0, 0.1) is 12.3 Å². The number of nitrogens with zero attached hydrogens (tertiary/aromatic N) is 6. The number of nitrogens with one attached hydrogen (secondary N) is 1. The average Bonchev–Trinajstić information content (AvgIpc) is 3.60. The number of hydrogen-bond donors (Lipinski definition) is 1. The number of carbonyl (C=O) groups is 2. The van der Waals surface area contributed by atoms with E-state index < -0.39 is 13.0 Å². The molecule has 1 spiro atoms. The number of aromatic nitrogens is 4. The number of piperidine rings is 2. The van der Waals surface area contributed by atoms with Gasteiger partial charge >= 0.3 is 6.09 Å². The minimum Gasteiger partial charge on any atom is -0.485 e. The molecule has 2 aromatic heterocycles. The zero-order valence-electron chi connectivity index (χ0n) is 28.4. The average molecular weight is 686 g/mol. The Balaban J connectivity index is 1.38. The molecule has 2 amide bonds. The molecule has 0 radical (unpaired) electrons. The van der Waals surface area contributed by atoms with Gasteiger partial charge in [-0.15, -0.1) is 0 Å². The van der Waals surface area contributed by atoms with Crippen LogP contribution in [-0.2, 0) is 9.53 Å².